The van der Waals surface area contributed by atoms with E-state index in [1.165, 1.54) is 11.0 Å². The Kier molecular flexibility index (Phi) is 5.57. The Bertz CT molecular complexity index is 418. The fourth-order valence-electron chi connectivity index (χ4n) is 1.51. The Labute approximate surface area is 106 Å². The molecule has 1 heterocycles. The first-order valence-electron chi connectivity index (χ1n) is 5.64. The molecule has 1 rings (SSSR count). The Morgan fingerprint density at radius 2 is 2.22 bits per heavy atom. The highest BCUT2D eigenvalue weighted by Crippen LogP contribution is 2.02. The summed E-state index contributed by atoms with van der Waals surface area (Å²) in [6, 6.07) is 5.49. The third-order valence-corrected chi connectivity index (χ3v) is 2.35. The third-order valence-electron chi connectivity index (χ3n) is 2.35. The standard InChI is InChI=1S/C13H16N2O3/c1-2-9-15(10-13(17)18)12(16)7-6-11-5-3-4-8-14-11/h2-5,8H,1,6-7,9-10H2,(H,17,18). The van der Waals surface area contributed by atoms with E-state index in [-0.39, 0.29) is 25.4 Å². The number of amides is 1. The first-order valence-corrected chi connectivity index (χ1v) is 5.64. The molecule has 5 heteroatoms. The average molecular weight is 248 g/mol. The lowest BCUT2D eigenvalue weighted by Gasteiger charge is -2.18. The quantitative estimate of drug-likeness (QED) is 0.734. The number of hydrogen-bond donors (Lipinski definition) is 1. The Balaban J connectivity index is 2.51. The summed E-state index contributed by atoms with van der Waals surface area (Å²) in [5.74, 6) is -1.23. The van der Waals surface area contributed by atoms with Gasteiger partial charge in [0.1, 0.15) is 6.54 Å². The van der Waals surface area contributed by atoms with Crippen molar-refractivity contribution in [3.05, 3.63) is 42.7 Å². The van der Waals surface area contributed by atoms with Crippen LogP contribution in [0.1, 0.15) is 12.1 Å². The summed E-state index contributed by atoms with van der Waals surface area (Å²) >= 11 is 0. The van der Waals surface area contributed by atoms with Gasteiger partial charge >= 0.3 is 5.97 Å². The van der Waals surface area contributed by atoms with E-state index in [4.69, 9.17) is 5.11 Å². The van der Waals surface area contributed by atoms with Crippen molar-refractivity contribution < 1.29 is 14.7 Å². The number of carbonyl (C=O) groups excluding carboxylic acids is 1. The fraction of sp³-hybridized carbons (Fsp3) is 0.308. The zero-order valence-electron chi connectivity index (χ0n) is 10.1. The maximum atomic E-state index is 11.8. The van der Waals surface area contributed by atoms with Crippen LogP contribution in [0.15, 0.2) is 37.1 Å². The van der Waals surface area contributed by atoms with Gasteiger partial charge in [0.15, 0.2) is 0 Å². The number of aromatic nitrogens is 1. The van der Waals surface area contributed by atoms with Crippen LogP contribution < -0.4 is 0 Å². The van der Waals surface area contributed by atoms with Crippen LogP contribution in [-0.4, -0.2) is 40.0 Å². The van der Waals surface area contributed by atoms with E-state index in [2.05, 4.69) is 11.6 Å². The van der Waals surface area contributed by atoms with Crippen molar-refractivity contribution in [3.63, 3.8) is 0 Å². The second-order valence-corrected chi connectivity index (χ2v) is 3.78. The summed E-state index contributed by atoms with van der Waals surface area (Å²) in [4.78, 5) is 27.8. The highest BCUT2D eigenvalue weighted by atomic mass is 16.4. The van der Waals surface area contributed by atoms with Crippen molar-refractivity contribution in [2.24, 2.45) is 0 Å². The van der Waals surface area contributed by atoms with Gasteiger partial charge in [0, 0.05) is 24.9 Å². The molecule has 96 valence electrons. The number of carbonyl (C=O) groups is 2. The van der Waals surface area contributed by atoms with Crippen molar-refractivity contribution in [1.82, 2.24) is 9.88 Å². The van der Waals surface area contributed by atoms with E-state index in [1.54, 1.807) is 12.3 Å². The molecule has 0 aliphatic carbocycles. The number of nitrogens with zero attached hydrogens (tertiary/aromatic N) is 2. The number of pyridine rings is 1. The van der Waals surface area contributed by atoms with Crippen LogP contribution in [0.5, 0.6) is 0 Å². The summed E-state index contributed by atoms with van der Waals surface area (Å²) in [7, 11) is 0. The van der Waals surface area contributed by atoms with E-state index in [0.717, 1.165) is 5.69 Å². The lowest BCUT2D eigenvalue weighted by Crippen LogP contribution is -2.35. The lowest BCUT2D eigenvalue weighted by atomic mass is 10.2. The summed E-state index contributed by atoms with van der Waals surface area (Å²) in [5, 5.41) is 8.70. The van der Waals surface area contributed by atoms with E-state index in [9.17, 15) is 9.59 Å². The molecule has 18 heavy (non-hydrogen) atoms. The van der Waals surface area contributed by atoms with E-state index in [0.29, 0.717) is 6.42 Å². The fourth-order valence-corrected chi connectivity index (χ4v) is 1.51. The number of aryl methyl sites for hydroxylation is 1. The zero-order chi connectivity index (χ0) is 13.4. The number of rotatable bonds is 7. The number of carboxylic acid groups (broad SMARTS) is 1. The molecule has 1 amide bonds. The van der Waals surface area contributed by atoms with Gasteiger partial charge in [-0.2, -0.15) is 0 Å². The maximum absolute atomic E-state index is 11.8. The third kappa shape index (κ3) is 4.78. The molecule has 0 saturated heterocycles. The lowest BCUT2D eigenvalue weighted by molar-refractivity contribution is -0.144. The van der Waals surface area contributed by atoms with Gasteiger partial charge in [-0.15, -0.1) is 6.58 Å². The molecule has 1 aromatic heterocycles. The molecule has 1 aromatic rings. The molecule has 0 atom stereocenters. The van der Waals surface area contributed by atoms with Crippen LogP contribution in [-0.2, 0) is 16.0 Å². The van der Waals surface area contributed by atoms with Gasteiger partial charge in [-0.1, -0.05) is 12.1 Å². The summed E-state index contributed by atoms with van der Waals surface area (Å²) in [6.45, 7) is 3.45. The van der Waals surface area contributed by atoms with Crippen molar-refractivity contribution in [2.45, 2.75) is 12.8 Å². The number of carboxylic acids is 1. The molecule has 0 bridgehead atoms. The highest BCUT2D eigenvalue weighted by molar-refractivity contribution is 5.81. The molecule has 0 aromatic carbocycles. The predicted molar refractivity (Wildman–Crippen MR) is 67.0 cm³/mol. The Morgan fingerprint density at radius 1 is 1.44 bits per heavy atom. The monoisotopic (exact) mass is 248 g/mol. The molecule has 0 radical (unpaired) electrons. The molecular weight excluding hydrogens is 232 g/mol. The van der Waals surface area contributed by atoms with Gasteiger partial charge in [-0.25, -0.2) is 0 Å². The molecule has 5 nitrogen and oxygen atoms in total. The van der Waals surface area contributed by atoms with Crippen LogP contribution >= 0.6 is 0 Å². The highest BCUT2D eigenvalue weighted by Gasteiger charge is 2.15. The second-order valence-electron chi connectivity index (χ2n) is 3.78. The minimum Gasteiger partial charge on any atom is -0.480 e. The van der Waals surface area contributed by atoms with E-state index in [1.807, 2.05) is 12.1 Å². The Morgan fingerprint density at radius 3 is 2.78 bits per heavy atom. The molecule has 0 fully saturated rings. The van der Waals surface area contributed by atoms with Crippen LogP contribution in [0.4, 0.5) is 0 Å². The smallest absolute Gasteiger partial charge is 0.323 e. The average Bonchev–Trinajstić information content (AvgIpc) is 2.36. The second kappa shape index (κ2) is 7.21. The predicted octanol–water partition coefficient (Wildman–Crippen LogP) is 1.11. The van der Waals surface area contributed by atoms with E-state index >= 15 is 0 Å². The normalized spacial score (nSPS) is 9.78. The molecule has 0 aliphatic rings. The topological polar surface area (TPSA) is 70.5 Å². The largest absolute Gasteiger partial charge is 0.480 e. The van der Waals surface area contributed by atoms with Crippen molar-refractivity contribution in [1.29, 1.82) is 0 Å². The molecule has 0 saturated carbocycles. The molecular formula is C13H16N2O3. The summed E-state index contributed by atoms with van der Waals surface area (Å²) in [5.41, 5.74) is 0.819. The molecule has 0 spiro atoms. The molecule has 0 aliphatic heterocycles. The number of hydrogen-bond acceptors (Lipinski definition) is 3. The molecule has 0 unspecified atom stereocenters. The first-order chi connectivity index (χ1) is 8.63. The summed E-state index contributed by atoms with van der Waals surface area (Å²) < 4.78 is 0. The van der Waals surface area contributed by atoms with Gasteiger partial charge < -0.3 is 10.0 Å². The van der Waals surface area contributed by atoms with Gasteiger partial charge in [-0.05, 0) is 18.6 Å². The minimum absolute atomic E-state index is 0.206. The van der Waals surface area contributed by atoms with Gasteiger partial charge in [0.05, 0.1) is 0 Å². The van der Waals surface area contributed by atoms with E-state index < -0.39 is 5.97 Å². The Hall–Kier alpha value is -2.17. The van der Waals surface area contributed by atoms with Gasteiger partial charge in [0.2, 0.25) is 5.91 Å². The first kappa shape index (κ1) is 13.9. The SMILES string of the molecule is C=CCN(CC(=O)O)C(=O)CCc1ccccn1. The van der Waals surface area contributed by atoms with Gasteiger partial charge in [-0.3, -0.25) is 14.6 Å². The number of aliphatic carboxylic acids is 1. The van der Waals surface area contributed by atoms with Crippen LogP contribution in [0, 0.1) is 0 Å². The van der Waals surface area contributed by atoms with Crippen LogP contribution in [0.2, 0.25) is 0 Å². The zero-order valence-corrected chi connectivity index (χ0v) is 10.1. The summed E-state index contributed by atoms with van der Waals surface area (Å²) in [6.07, 6.45) is 3.94. The molecule has 1 N–H and O–H groups in total. The van der Waals surface area contributed by atoms with Crippen molar-refractivity contribution in [3.8, 4) is 0 Å². The van der Waals surface area contributed by atoms with Crippen LogP contribution in [0.25, 0.3) is 0 Å². The van der Waals surface area contributed by atoms with Gasteiger partial charge in [0.25, 0.3) is 0 Å². The van der Waals surface area contributed by atoms with Crippen LogP contribution in [0.3, 0.4) is 0 Å². The maximum Gasteiger partial charge on any atom is 0.323 e. The van der Waals surface area contributed by atoms with Crippen molar-refractivity contribution in [2.75, 3.05) is 13.1 Å². The van der Waals surface area contributed by atoms with Crippen molar-refractivity contribution >= 4 is 11.9 Å². The minimum atomic E-state index is -1.02.